The quantitative estimate of drug-likeness (QED) is 0.340. The summed E-state index contributed by atoms with van der Waals surface area (Å²) in [5.74, 6) is 0. The molecule has 0 spiro atoms. The maximum atomic E-state index is 3.36. The monoisotopic (exact) mass is 423 g/mol. The second-order valence-corrected chi connectivity index (χ2v) is 0.408. The molecule has 0 atom stereocenters. The first-order chi connectivity index (χ1) is 2.41. The number of hydrogen-bond donors (Lipinski definition) is 0. The Kier molecular flexibility index (Phi) is 6860000. The molecule has 206 valence electrons. The molecule has 0 aliphatic carbocycles. The van der Waals surface area contributed by atoms with Crippen LogP contribution >= 0.6 is 0 Å². The Hall–Kier alpha value is -0.520. The molecule has 0 heteroatoms. The summed E-state index contributed by atoms with van der Waals surface area (Å²) in [6.45, 7) is 11.2. The minimum Gasteiger partial charge on any atom is -0.106 e. The third-order valence-corrected chi connectivity index (χ3v) is 0. The topological polar surface area (TPSA) is 0 Å². The van der Waals surface area contributed by atoms with Crippen LogP contribution in [0.2, 0.25) is 0 Å². The molecule has 0 saturated carbocycles. The summed E-state index contributed by atoms with van der Waals surface area (Å²) in [7, 11) is 0. The van der Waals surface area contributed by atoms with Crippen LogP contribution in [0.3, 0.4) is 0 Å². The highest BCUT2D eigenvalue weighted by molar-refractivity contribution is 4.51. The lowest BCUT2D eigenvalue weighted by Crippen LogP contribution is -1.07. The van der Waals surface area contributed by atoms with E-state index in [1.54, 1.807) is 6.08 Å². The van der Waals surface area contributed by atoms with Gasteiger partial charge in [0.25, 0.3) is 0 Å². The zero-order chi connectivity index (χ0) is 4.71. The highest BCUT2D eigenvalue weighted by Gasteiger charge is 1.15. The molecule has 0 aromatic heterocycles. The standard InChI is InChI=1S/C3H6.C2H4.22CH4/c1-3-2;1-2;;;;;;;;;;;;;;;;;;;;;;/h3H,1H2,2H3;1-2H2;22*1H4. The Bertz CT molecular complexity index is 14.0. The molecule has 0 fully saturated rings. The van der Waals surface area contributed by atoms with Gasteiger partial charge in [0.15, 0.2) is 0 Å². The molecule has 0 saturated heterocycles. The third-order valence-electron chi connectivity index (χ3n) is 0. The largest absolute Gasteiger partial charge is 0.106 e. The van der Waals surface area contributed by atoms with Gasteiger partial charge in [-0.05, 0) is 6.92 Å². The molecule has 0 unspecified atom stereocenters. The van der Waals surface area contributed by atoms with Gasteiger partial charge in [-0.25, -0.2) is 0 Å². The molecule has 0 aromatic rings. The number of allylic oxidation sites excluding steroid dienone is 1. The van der Waals surface area contributed by atoms with E-state index in [1.807, 2.05) is 6.92 Å². The molecule has 0 nitrogen and oxygen atoms in total. The molecular weight excluding hydrogens is 324 g/mol. The van der Waals surface area contributed by atoms with Crippen molar-refractivity contribution in [3.63, 3.8) is 0 Å². The predicted molar refractivity (Wildman–Crippen MR) is 175 cm³/mol. The molecule has 0 N–H and O–H groups in total. The van der Waals surface area contributed by atoms with Crippen molar-refractivity contribution in [1.82, 2.24) is 0 Å². The average molecular weight is 423 g/mol. The van der Waals surface area contributed by atoms with E-state index in [0.29, 0.717) is 0 Å². The van der Waals surface area contributed by atoms with E-state index in [9.17, 15) is 0 Å². The minimum absolute atomic E-state index is 0. The summed E-state index contributed by atoms with van der Waals surface area (Å²) in [5, 5.41) is 0. The predicted octanol–water partition coefficient (Wildman–Crippen LogP) is 16.0. The maximum absolute atomic E-state index is 3.36. The van der Waals surface area contributed by atoms with Gasteiger partial charge in [0.2, 0.25) is 0 Å². The van der Waals surface area contributed by atoms with E-state index >= 15 is 0 Å². The van der Waals surface area contributed by atoms with Crippen LogP contribution in [-0.2, 0) is 0 Å². The molecule has 0 rings (SSSR count). The Morgan fingerprint density at radius 1 is 0.296 bits per heavy atom. The summed E-state index contributed by atoms with van der Waals surface area (Å²) >= 11 is 0. The van der Waals surface area contributed by atoms with Crippen LogP contribution in [0.15, 0.2) is 25.8 Å². The molecular formula is C27H98. The van der Waals surface area contributed by atoms with E-state index in [4.69, 9.17) is 0 Å². The molecule has 27 heavy (non-hydrogen) atoms. The van der Waals surface area contributed by atoms with Crippen molar-refractivity contribution < 1.29 is 0 Å². The Morgan fingerprint density at radius 2 is 0.296 bits per heavy atom. The zero-order valence-corrected chi connectivity index (χ0v) is 3.70. The summed E-state index contributed by atoms with van der Waals surface area (Å²) in [6, 6.07) is 0. The summed E-state index contributed by atoms with van der Waals surface area (Å²) in [5.41, 5.74) is 0. The van der Waals surface area contributed by atoms with Gasteiger partial charge in [0.05, 0.1) is 0 Å². The minimum atomic E-state index is 0. The van der Waals surface area contributed by atoms with Crippen LogP contribution in [0.4, 0.5) is 0 Å². The van der Waals surface area contributed by atoms with Gasteiger partial charge in [-0.1, -0.05) is 169 Å². The lowest BCUT2D eigenvalue weighted by Gasteiger charge is -1.31. The van der Waals surface area contributed by atoms with Gasteiger partial charge in [-0.15, -0.1) is 19.7 Å². The van der Waals surface area contributed by atoms with Gasteiger partial charge in [-0.2, -0.15) is 0 Å². The van der Waals surface area contributed by atoms with Crippen molar-refractivity contribution in [1.29, 1.82) is 0 Å². The van der Waals surface area contributed by atoms with Crippen LogP contribution in [0.25, 0.3) is 0 Å². The van der Waals surface area contributed by atoms with Crippen molar-refractivity contribution in [3.05, 3.63) is 25.8 Å². The van der Waals surface area contributed by atoms with Crippen LogP contribution < -0.4 is 0 Å². The van der Waals surface area contributed by atoms with E-state index in [0.717, 1.165) is 0 Å². The van der Waals surface area contributed by atoms with E-state index in [2.05, 4.69) is 19.7 Å². The fourth-order valence-electron chi connectivity index (χ4n) is 0. The second kappa shape index (κ2) is 66300. The van der Waals surface area contributed by atoms with Crippen molar-refractivity contribution in [2.75, 3.05) is 0 Å². The summed E-state index contributed by atoms with van der Waals surface area (Å²) < 4.78 is 0. The normalized spacial score (nSPS) is 0.630. The lowest BCUT2D eigenvalue weighted by atomic mass is 10.8. The molecule has 0 amide bonds. The number of rotatable bonds is 0. The highest BCUT2D eigenvalue weighted by atomic mass is 13.2. The first-order valence-corrected chi connectivity index (χ1v) is 1.49. The first-order valence-electron chi connectivity index (χ1n) is 1.49. The maximum Gasteiger partial charge on any atom is -0.0473 e. The molecule has 0 aliphatic heterocycles. The number of hydrogen-bond acceptors (Lipinski definition) is 0. The third kappa shape index (κ3) is 52000. The van der Waals surface area contributed by atoms with Crippen molar-refractivity contribution in [3.8, 4) is 0 Å². The van der Waals surface area contributed by atoms with Gasteiger partial charge < -0.3 is 0 Å². The van der Waals surface area contributed by atoms with Gasteiger partial charge in [0.1, 0.15) is 0 Å². The van der Waals surface area contributed by atoms with E-state index in [1.165, 1.54) is 0 Å². The summed E-state index contributed by atoms with van der Waals surface area (Å²) in [6.07, 6.45) is 1.75. The first kappa shape index (κ1) is 2800. The average Bonchev–Trinajstić information content (AvgIpc) is 1.46. The lowest BCUT2D eigenvalue weighted by molar-refractivity contribution is 1.80. The smallest absolute Gasteiger partial charge is 0.0473 e. The van der Waals surface area contributed by atoms with E-state index < -0.39 is 0 Å². The Labute approximate surface area is 196 Å². The molecule has 0 aromatic carbocycles. The van der Waals surface area contributed by atoms with Crippen molar-refractivity contribution >= 4 is 0 Å². The molecule has 0 aliphatic rings. The SMILES string of the molecule is C.C.C.C.C.C.C.C.C.C.C.C.C.C.C.C.C.C.C.C.C.C.C=C.C=CC. The van der Waals surface area contributed by atoms with Crippen LogP contribution in [0.5, 0.6) is 0 Å². The van der Waals surface area contributed by atoms with Crippen LogP contribution in [0.1, 0.15) is 170 Å². The zero-order valence-electron chi connectivity index (χ0n) is 3.70. The summed E-state index contributed by atoms with van der Waals surface area (Å²) in [4.78, 5) is 0. The fraction of sp³-hybridized carbons (Fsp3) is 0.852. The van der Waals surface area contributed by atoms with Gasteiger partial charge >= 0.3 is 0 Å². The molecule has 0 radical (unpaired) electrons. The van der Waals surface area contributed by atoms with Crippen LogP contribution in [0, 0.1) is 0 Å². The van der Waals surface area contributed by atoms with Gasteiger partial charge in [0, 0.05) is 0 Å². The second-order valence-electron chi connectivity index (χ2n) is 0.408. The van der Waals surface area contributed by atoms with Crippen molar-refractivity contribution in [2.45, 2.75) is 170 Å². The molecule has 0 bridgehead atoms. The van der Waals surface area contributed by atoms with E-state index in [-0.39, 0.29) is 163 Å². The van der Waals surface area contributed by atoms with Crippen molar-refractivity contribution in [2.24, 2.45) is 0 Å². The fourth-order valence-corrected chi connectivity index (χ4v) is 0. The highest BCUT2D eigenvalue weighted by Crippen LogP contribution is 1.38. The Morgan fingerprint density at radius 3 is 0.296 bits per heavy atom. The van der Waals surface area contributed by atoms with Crippen LogP contribution in [-0.4, -0.2) is 0 Å². The van der Waals surface area contributed by atoms with Gasteiger partial charge in [-0.3, -0.25) is 0 Å². The molecule has 0 heterocycles. The Balaban J connectivity index is -0.000000000168.